The lowest BCUT2D eigenvalue weighted by Gasteiger charge is -2.44. The van der Waals surface area contributed by atoms with E-state index in [0.717, 1.165) is 37.1 Å². The number of nitrogens with one attached hydrogen (secondary N) is 2. The van der Waals surface area contributed by atoms with Gasteiger partial charge in [0.2, 0.25) is 5.91 Å². The third-order valence-corrected chi connectivity index (χ3v) is 8.45. The molecule has 0 spiro atoms. The Morgan fingerprint density at radius 2 is 1.60 bits per heavy atom. The maximum Gasteiger partial charge on any atom is 0.414 e. The van der Waals surface area contributed by atoms with E-state index in [4.69, 9.17) is 0 Å². The predicted octanol–water partition coefficient (Wildman–Crippen LogP) is 5.09. The van der Waals surface area contributed by atoms with Crippen molar-refractivity contribution in [1.82, 2.24) is 10.2 Å². The van der Waals surface area contributed by atoms with Gasteiger partial charge in [0, 0.05) is 49.6 Å². The quantitative estimate of drug-likeness (QED) is 0.414. The van der Waals surface area contributed by atoms with Crippen molar-refractivity contribution in [1.29, 1.82) is 0 Å². The molecule has 2 fully saturated rings. The van der Waals surface area contributed by atoms with Crippen molar-refractivity contribution in [3.05, 3.63) is 58.9 Å². The number of anilines is 2. The van der Waals surface area contributed by atoms with Crippen LogP contribution in [0.1, 0.15) is 37.0 Å². The average Bonchev–Trinajstić information content (AvgIpc) is 3.79. The van der Waals surface area contributed by atoms with Gasteiger partial charge in [-0.15, -0.1) is 0 Å². The molecule has 2 heterocycles. The zero-order chi connectivity index (χ0) is 32.8. The van der Waals surface area contributed by atoms with Gasteiger partial charge in [0.1, 0.15) is 28.9 Å². The molecule has 8 nitrogen and oxygen atoms in total. The van der Waals surface area contributed by atoms with Crippen LogP contribution in [0.25, 0.3) is 11.1 Å². The Morgan fingerprint density at radius 3 is 2.18 bits per heavy atom. The highest BCUT2D eigenvalue weighted by molar-refractivity contribution is 6.11. The number of carbonyl (C=O) groups excluding carboxylic acids is 3. The Hall–Kier alpha value is -4.20. The number of amides is 3. The molecule has 240 valence electrons. The largest absolute Gasteiger partial charge is 0.414 e. The van der Waals surface area contributed by atoms with Crippen LogP contribution in [0.15, 0.2) is 40.9 Å². The summed E-state index contributed by atoms with van der Waals surface area (Å²) in [5.74, 6) is -8.46. The number of halogens is 6. The van der Waals surface area contributed by atoms with Gasteiger partial charge >= 0.3 is 6.18 Å². The number of carbonyl (C=O) groups is 3. The van der Waals surface area contributed by atoms with Crippen molar-refractivity contribution in [2.45, 2.75) is 44.9 Å². The molecule has 2 aliphatic heterocycles. The second kappa shape index (κ2) is 12.3. The van der Waals surface area contributed by atoms with E-state index in [1.54, 1.807) is 4.90 Å². The average molecular weight is 636 g/mol. The highest BCUT2D eigenvalue weighted by atomic mass is 19.4. The number of alkyl halides is 3. The van der Waals surface area contributed by atoms with Crippen molar-refractivity contribution in [3.8, 4) is 11.1 Å². The summed E-state index contributed by atoms with van der Waals surface area (Å²) < 4.78 is 87.1. The summed E-state index contributed by atoms with van der Waals surface area (Å²) in [5, 5.41) is 4.89. The van der Waals surface area contributed by atoms with Gasteiger partial charge in [0.25, 0.3) is 11.8 Å². The number of hydrogen-bond donors (Lipinski definition) is 2. The molecule has 0 aromatic heterocycles. The molecule has 1 aliphatic carbocycles. The van der Waals surface area contributed by atoms with Crippen LogP contribution in [0.4, 0.5) is 37.7 Å². The van der Waals surface area contributed by atoms with Crippen molar-refractivity contribution in [3.63, 3.8) is 0 Å². The molecule has 1 saturated heterocycles. The van der Waals surface area contributed by atoms with Gasteiger partial charge < -0.3 is 15.5 Å². The molecule has 5 rings (SSSR count). The monoisotopic (exact) mass is 635 g/mol. The highest BCUT2D eigenvalue weighted by Gasteiger charge is 2.43. The number of likely N-dealkylation sites (N-methyl/N-ethyl adjacent to an activating group) is 1. The van der Waals surface area contributed by atoms with E-state index in [0.29, 0.717) is 19.3 Å². The van der Waals surface area contributed by atoms with Crippen LogP contribution in [-0.2, 0) is 9.59 Å². The molecule has 0 radical (unpaired) electrons. The van der Waals surface area contributed by atoms with E-state index in [2.05, 4.69) is 20.5 Å². The van der Waals surface area contributed by atoms with E-state index >= 15 is 13.2 Å². The third-order valence-electron chi connectivity index (χ3n) is 8.45. The van der Waals surface area contributed by atoms with Gasteiger partial charge in [-0.05, 0) is 69.5 Å². The van der Waals surface area contributed by atoms with E-state index in [9.17, 15) is 27.6 Å². The van der Waals surface area contributed by atoms with Crippen molar-refractivity contribution >= 4 is 35.3 Å². The molecule has 0 bridgehead atoms. The fraction of sp³-hybridized carbons (Fsp3) is 0.419. The number of hydrogen-bond acceptors (Lipinski definition) is 5. The van der Waals surface area contributed by atoms with Crippen molar-refractivity contribution in [2.24, 2.45) is 16.8 Å². The zero-order valence-electron chi connectivity index (χ0n) is 24.6. The maximum atomic E-state index is 15.7. The molecule has 3 aliphatic rings. The van der Waals surface area contributed by atoms with Crippen LogP contribution >= 0.6 is 0 Å². The zero-order valence-corrected chi connectivity index (χ0v) is 24.6. The Bertz CT molecular complexity index is 1570. The normalized spacial score (nSPS) is 22.3. The van der Waals surface area contributed by atoms with Gasteiger partial charge in [0.05, 0.1) is 16.9 Å². The first-order chi connectivity index (χ1) is 21.1. The fourth-order valence-corrected chi connectivity index (χ4v) is 5.51. The van der Waals surface area contributed by atoms with Crippen LogP contribution in [0.3, 0.4) is 0 Å². The third kappa shape index (κ3) is 6.90. The van der Waals surface area contributed by atoms with E-state index in [-0.39, 0.29) is 53.1 Å². The second-order valence-corrected chi connectivity index (χ2v) is 11.8. The highest BCUT2D eigenvalue weighted by Crippen LogP contribution is 2.39. The maximum absolute atomic E-state index is 15.7. The fourth-order valence-electron chi connectivity index (χ4n) is 5.51. The topological polar surface area (TPSA) is 94.1 Å². The molecule has 1 saturated carbocycles. The molecular formula is C31H31F6N5O3. The lowest BCUT2D eigenvalue weighted by atomic mass is 9.95. The van der Waals surface area contributed by atoms with Crippen LogP contribution in [0, 0.1) is 29.3 Å². The predicted molar refractivity (Wildman–Crippen MR) is 155 cm³/mol. The lowest BCUT2D eigenvalue weighted by molar-refractivity contribution is -0.124. The summed E-state index contributed by atoms with van der Waals surface area (Å²) in [7, 11) is 1.91. The summed E-state index contributed by atoms with van der Waals surface area (Å²) in [6.07, 6.45) is -2.39. The molecule has 2 aromatic rings. The molecule has 14 heteroatoms. The number of dihydropyridines is 1. The van der Waals surface area contributed by atoms with Gasteiger partial charge in [-0.1, -0.05) is 0 Å². The SMILES string of the molecule is C[C@@H]1CN(c2cc(F)c(-c3cc(F)c(C(=O)NCC4CC4)c(F)c3)cc2NC(=O)C2C=NC(=O)C=C2C(F)(F)F)C[C@H](C)N1C. The van der Waals surface area contributed by atoms with Gasteiger partial charge in [0.15, 0.2) is 0 Å². The summed E-state index contributed by atoms with van der Waals surface area (Å²) in [4.78, 5) is 44.5. The van der Waals surface area contributed by atoms with E-state index in [1.165, 1.54) is 0 Å². The number of benzene rings is 2. The first kappa shape index (κ1) is 32.2. The number of nitrogens with zero attached hydrogens (tertiary/aromatic N) is 3. The minimum atomic E-state index is -5.02. The summed E-state index contributed by atoms with van der Waals surface area (Å²) in [5.41, 5.74) is -2.92. The van der Waals surface area contributed by atoms with Crippen molar-refractivity contribution in [2.75, 3.05) is 36.9 Å². The Morgan fingerprint density at radius 1 is 0.978 bits per heavy atom. The standard InChI is InChI=1S/C31H31F6N5O3/c1-15-13-42(14-16(2)41(15)3)26-10-22(32)19(18-6-23(33)28(24(34)7-18)30(45)39-11-17-4-5-17)8-25(26)40-29(44)20-12-38-27(43)9-21(20)31(35,36)37/h6-10,12,15-17,20H,4-5,11,13-14H2,1-3H3,(H,39,45)(H,40,44)/t15-,16+,20?. The minimum absolute atomic E-state index is 0.0295. The van der Waals surface area contributed by atoms with Crippen LogP contribution < -0.4 is 15.5 Å². The van der Waals surface area contributed by atoms with E-state index < -0.39 is 58.4 Å². The smallest absolute Gasteiger partial charge is 0.367 e. The van der Waals surface area contributed by atoms with Crippen LogP contribution in [0.5, 0.6) is 0 Å². The Balaban J connectivity index is 1.54. The Kier molecular flexibility index (Phi) is 8.80. The lowest BCUT2D eigenvalue weighted by Crippen LogP contribution is -2.55. The molecule has 2 aromatic carbocycles. The van der Waals surface area contributed by atoms with E-state index in [1.807, 2.05) is 20.9 Å². The molecule has 3 atom stereocenters. The van der Waals surface area contributed by atoms with Gasteiger partial charge in [-0.3, -0.25) is 19.3 Å². The van der Waals surface area contributed by atoms with Crippen LogP contribution in [-0.4, -0.2) is 73.8 Å². The first-order valence-corrected chi connectivity index (χ1v) is 14.4. The molecule has 1 unspecified atom stereocenters. The van der Waals surface area contributed by atoms with Crippen molar-refractivity contribution < 1.29 is 40.7 Å². The number of piperazine rings is 1. The molecular weight excluding hydrogens is 604 g/mol. The molecule has 3 amide bonds. The second-order valence-electron chi connectivity index (χ2n) is 11.8. The number of rotatable bonds is 7. The number of aliphatic imine (C=N–C) groups is 1. The molecule has 2 N–H and O–H groups in total. The first-order valence-electron chi connectivity index (χ1n) is 14.4. The van der Waals surface area contributed by atoms with Crippen LogP contribution in [0.2, 0.25) is 0 Å². The van der Waals surface area contributed by atoms with Gasteiger partial charge in [-0.25, -0.2) is 18.2 Å². The van der Waals surface area contributed by atoms with Gasteiger partial charge in [-0.2, -0.15) is 13.2 Å². The summed E-state index contributed by atoms with van der Waals surface area (Å²) in [6, 6.07) is 3.63. The Labute approximate surface area is 255 Å². The molecule has 45 heavy (non-hydrogen) atoms. The minimum Gasteiger partial charge on any atom is -0.367 e. The summed E-state index contributed by atoms with van der Waals surface area (Å²) >= 11 is 0. The summed E-state index contributed by atoms with van der Waals surface area (Å²) in [6.45, 7) is 4.85.